The van der Waals surface area contributed by atoms with Gasteiger partial charge < -0.3 is 18.7 Å². The molecule has 0 aliphatic rings. The van der Waals surface area contributed by atoms with Gasteiger partial charge in [0.15, 0.2) is 11.3 Å². The van der Waals surface area contributed by atoms with E-state index in [1.807, 2.05) is 26.0 Å². The average Bonchev–Trinajstić information content (AvgIpc) is 2.92. The first-order valence-corrected chi connectivity index (χ1v) is 6.25. The van der Waals surface area contributed by atoms with E-state index in [2.05, 4.69) is 0 Å². The van der Waals surface area contributed by atoms with Gasteiger partial charge in [-0.05, 0) is 32.4 Å². The molecule has 1 aromatic carbocycles. The van der Waals surface area contributed by atoms with E-state index in [4.69, 9.17) is 13.6 Å². The summed E-state index contributed by atoms with van der Waals surface area (Å²) in [7, 11) is 1.63. The minimum absolute atomic E-state index is 0.0699. The number of hydrogen-bond donors (Lipinski definition) is 1. The first-order chi connectivity index (χ1) is 9.15. The maximum absolute atomic E-state index is 9.28. The Morgan fingerprint density at radius 3 is 2.32 bits per heavy atom. The zero-order valence-electron chi connectivity index (χ0n) is 11.2. The first-order valence-electron chi connectivity index (χ1n) is 6.25. The van der Waals surface area contributed by atoms with Crippen molar-refractivity contribution in [2.45, 2.75) is 20.3 Å². The van der Waals surface area contributed by atoms with Gasteiger partial charge in [0.2, 0.25) is 0 Å². The fourth-order valence-electron chi connectivity index (χ4n) is 2.62. The standard InChI is InChI=1S/C15H16O4/c1-8-6-11-10(4-5-16)13-12(7-9(2)18-13)14(17-3)15(11)19-8/h6-7,16H,4-5H2,1-3H3. The molecular weight excluding hydrogens is 244 g/mol. The monoisotopic (exact) mass is 260 g/mol. The molecule has 3 aromatic rings. The van der Waals surface area contributed by atoms with Crippen molar-refractivity contribution < 1.29 is 18.7 Å². The molecule has 19 heavy (non-hydrogen) atoms. The molecule has 2 heterocycles. The van der Waals surface area contributed by atoms with Crippen molar-refractivity contribution >= 4 is 21.9 Å². The fourth-order valence-corrected chi connectivity index (χ4v) is 2.62. The van der Waals surface area contributed by atoms with Gasteiger partial charge in [0.25, 0.3) is 0 Å². The van der Waals surface area contributed by atoms with Crippen LogP contribution in [0.4, 0.5) is 0 Å². The predicted molar refractivity (Wildman–Crippen MR) is 72.8 cm³/mol. The smallest absolute Gasteiger partial charge is 0.177 e. The van der Waals surface area contributed by atoms with Gasteiger partial charge in [-0.2, -0.15) is 0 Å². The Labute approximate surface area is 110 Å². The number of ether oxygens (including phenoxy) is 1. The molecule has 0 unspecified atom stereocenters. The number of benzene rings is 1. The molecule has 0 bridgehead atoms. The Bertz CT molecular complexity index is 691. The Morgan fingerprint density at radius 2 is 1.68 bits per heavy atom. The molecule has 0 fully saturated rings. The molecule has 0 amide bonds. The maximum atomic E-state index is 9.28. The highest BCUT2D eigenvalue weighted by Crippen LogP contribution is 2.41. The van der Waals surface area contributed by atoms with E-state index in [-0.39, 0.29) is 6.61 Å². The Hall–Kier alpha value is -1.94. The van der Waals surface area contributed by atoms with Crippen LogP contribution in [0.1, 0.15) is 17.1 Å². The second kappa shape index (κ2) is 4.31. The van der Waals surface area contributed by atoms with Crippen LogP contribution in [0.5, 0.6) is 5.75 Å². The van der Waals surface area contributed by atoms with Crippen LogP contribution in [0.3, 0.4) is 0 Å². The summed E-state index contributed by atoms with van der Waals surface area (Å²) in [5.41, 5.74) is 2.46. The first kappa shape index (κ1) is 12.1. The normalized spacial score (nSPS) is 11.6. The quantitative estimate of drug-likeness (QED) is 0.784. The molecule has 0 saturated heterocycles. The van der Waals surface area contributed by atoms with Crippen molar-refractivity contribution in [2.75, 3.05) is 13.7 Å². The summed E-state index contributed by atoms with van der Waals surface area (Å²) < 4.78 is 17.0. The predicted octanol–water partition coefficient (Wildman–Crippen LogP) is 3.34. The molecule has 0 spiro atoms. The lowest BCUT2D eigenvalue weighted by Gasteiger charge is -2.07. The van der Waals surface area contributed by atoms with E-state index in [1.165, 1.54) is 0 Å². The Kier molecular flexibility index (Phi) is 2.75. The van der Waals surface area contributed by atoms with Crippen LogP contribution in [0.15, 0.2) is 21.0 Å². The topological polar surface area (TPSA) is 55.7 Å². The van der Waals surface area contributed by atoms with Crippen molar-refractivity contribution in [1.82, 2.24) is 0 Å². The molecule has 0 aliphatic carbocycles. The summed E-state index contributed by atoms with van der Waals surface area (Å²) in [4.78, 5) is 0. The highest BCUT2D eigenvalue weighted by Gasteiger charge is 2.20. The molecule has 3 rings (SSSR count). The summed E-state index contributed by atoms with van der Waals surface area (Å²) in [6.45, 7) is 3.87. The fraction of sp³-hybridized carbons (Fsp3) is 0.333. The van der Waals surface area contributed by atoms with Gasteiger partial charge in [-0.1, -0.05) is 0 Å². The van der Waals surface area contributed by atoms with Crippen LogP contribution in [0.25, 0.3) is 21.9 Å². The van der Waals surface area contributed by atoms with Gasteiger partial charge in [-0.3, -0.25) is 0 Å². The maximum Gasteiger partial charge on any atom is 0.177 e. The van der Waals surface area contributed by atoms with Crippen LogP contribution >= 0.6 is 0 Å². The summed E-state index contributed by atoms with van der Waals surface area (Å²) >= 11 is 0. The number of aliphatic hydroxyl groups is 1. The van der Waals surface area contributed by atoms with E-state index in [0.29, 0.717) is 12.2 Å². The molecule has 2 aromatic heterocycles. The van der Waals surface area contributed by atoms with Crippen molar-refractivity contribution in [3.63, 3.8) is 0 Å². The lowest BCUT2D eigenvalue weighted by Crippen LogP contribution is -1.94. The van der Waals surface area contributed by atoms with Crippen molar-refractivity contribution in [2.24, 2.45) is 0 Å². The molecule has 4 heteroatoms. The van der Waals surface area contributed by atoms with E-state index < -0.39 is 0 Å². The summed E-state index contributed by atoms with van der Waals surface area (Å²) in [5.74, 6) is 2.32. The lowest BCUT2D eigenvalue weighted by atomic mass is 10.0. The summed E-state index contributed by atoms with van der Waals surface area (Å²) in [6, 6.07) is 3.90. The van der Waals surface area contributed by atoms with Crippen LogP contribution < -0.4 is 4.74 Å². The highest BCUT2D eigenvalue weighted by atomic mass is 16.5. The van der Waals surface area contributed by atoms with Crippen molar-refractivity contribution in [3.8, 4) is 5.75 Å². The third-order valence-electron chi connectivity index (χ3n) is 3.33. The Balaban J connectivity index is 2.51. The van der Waals surface area contributed by atoms with E-state index >= 15 is 0 Å². The Morgan fingerprint density at radius 1 is 1.05 bits per heavy atom. The number of aliphatic hydroxyl groups excluding tert-OH is 1. The van der Waals surface area contributed by atoms with Gasteiger partial charge in [0.1, 0.15) is 17.1 Å². The minimum Gasteiger partial charge on any atom is -0.492 e. The van der Waals surface area contributed by atoms with Gasteiger partial charge in [0.05, 0.1) is 12.5 Å². The second-order valence-corrected chi connectivity index (χ2v) is 4.69. The second-order valence-electron chi connectivity index (χ2n) is 4.69. The largest absolute Gasteiger partial charge is 0.492 e. The minimum atomic E-state index is 0.0699. The molecule has 0 saturated carbocycles. The van der Waals surface area contributed by atoms with Crippen molar-refractivity contribution in [3.05, 3.63) is 29.2 Å². The number of fused-ring (bicyclic) bond motifs is 2. The van der Waals surface area contributed by atoms with Crippen LogP contribution in [0, 0.1) is 13.8 Å². The van der Waals surface area contributed by atoms with Gasteiger partial charge in [-0.25, -0.2) is 0 Å². The molecular formula is C15H16O4. The zero-order chi connectivity index (χ0) is 13.6. The zero-order valence-corrected chi connectivity index (χ0v) is 11.2. The van der Waals surface area contributed by atoms with E-state index in [1.54, 1.807) is 7.11 Å². The molecule has 0 aliphatic heterocycles. The number of rotatable bonds is 3. The molecule has 100 valence electrons. The van der Waals surface area contributed by atoms with Gasteiger partial charge in [-0.15, -0.1) is 0 Å². The molecule has 1 N–H and O–H groups in total. The van der Waals surface area contributed by atoms with Gasteiger partial charge in [0, 0.05) is 17.6 Å². The molecule has 0 radical (unpaired) electrons. The number of furan rings is 2. The third kappa shape index (κ3) is 1.71. The summed E-state index contributed by atoms with van der Waals surface area (Å²) in [5, 5.41) is 11.1. The average molecular weight is 260 g/mol. The summed E-state index contributed by atoms with van der Waals surface area (Å²) in [6.07, 6.45) is 0.531. The number of hydrogen-bond acceptors (Lipinski definition) is 4. The highest BCUT2D eigenvalue weighted by molar-refractivity contribution is 6.04. The molecule has 4 nitrogen and oxygen atoms in total. The lowest BCUT2D eigenvalue weighted by molar-refractivity contribution is 0.300. The van der Waals surface area contributed by atoms with Gasteiger partial charge >= 0.3 is 0 Å². The SMILES string of the molecule is COc1c2cc(C)oc2c(CCO)c2cc(C)oc12. The van der Waals surface area contributed by atoms with Crippen LogP contribution in [0.2, 0.25) is 0 Å². The van der Waals surface area contributed by atoms with E-state index in [9.17, 15) is 5.11 Å². The van der Waals surface area contributed by atoms with Crippen LogP contribution in [-0.4, -0.2) is 18.8 Å². The van der Waals surface area contributed by atoms with Crippen LogP contribution in [-0.2, 0) is 6.42 Å². The number of aryl methyl sites for hydroxylation is 2. The van der Waals surface area contributed by atoms with Crippen molar-refractivity contribution in [1.29, 1.82) is 0 Å². The number of methoxy groups -OCH3 is 1. The molecule has 0 atom stereocenters. The van der Waals surface area contributed by atoms with E-state index in [0.717, 1.165) is 39.0 Å². The third-order valence-corrected chi connectivity index (χ3v) is 3.33.